The molecular weight excluding hydrogens is 667 g/mol. The van der Waals surface area contributed by atoms with E-state index >= 15 is 0 Å². The van der Waals surface area contributed by atoms with Crippen molar-refractivity contribution in [2.24, 2.45) is 21.4 Å². The molecule has 3 amide bonds. The van der Waals surface area contributed by atoms with E-state index in [1.54, 1.807) is 18.2 Å². The topological polar surface area (TPSA) is 98.0 Å². The van der Waals surface area contributed by atoms with Crippen LogP contribution in [0.4, 0.5) is 5.69 Å². The summed E-state index contributed by atoms with van der Waals surface area (Å²) in [6.45, 7) is -0.264. The summed E-state index contributed by atoms with van der Waals surface area (Å²) in [5, 5.41) is 17.2. The van der Waals surface area contributed by atoms with Crippen molar-refractivity contribution in [3.8, 4) is 0 Å². The Hall–Kier alpha value is -3.86. The zero-order valence-electron chi connectivity index (χ0n) is 23.2. The van der Waals surface area contributed by atoms with Crippen molar-refractivity contribution in [3.63, 3.8) is 0 Å². The van der Waals surface area contributed by atoms with E-state index < -0.39 is 23.9 Å². The van der Waals surface area contributed by atoms with Gasteiger partial charge in [-0.2, -0.15) is 10.2 Å². The lowest BCUT2D eigenvalue weighted by molar-refractivity contribution is -0.136. The molecule has 222 valence electrons. The lowest BCUT2D eigenvalue weighted by Crippen LogP contribution is -2.45. The molecule has 0 N–H and O–H groups in total. The molecule has 3 aromatic carbocycles. The highest BCUT2D eigenvalue weighted by molar-refractivity contribution is 9.10. The molecule has 0 aromatic heterocycles. The van der Waals surface area contributed by atoms with E-state index in [0.717, 1.165) is 51.0 Å². The van der Waals surface area contributed by atoms with Crippen molar-refractivity contribution < 1.29 is 14.4 Å². The minimum absolute atomic E-state index is 0.0258. The van der Waals surface area contributed by atoms with Gasteiger partial charge in [0.25, 0.3) is 17.7 Å². The van der Waals surface area contributed by atoms with Crippen LogP contribution in [0, 0.1) is 5.92 Å². The number of hydrogen-bond donors (Lipinski definition) is 0. The second-order valence-corrected chi connectivity index (χ2v) is 12.9. The highest BCUT2D eigenvalue weighted by Gasteiger charge is 2.55. The molecule has 0 unspecified atom stereocenters. The van der Waals surface area contributed by atoms with Gasteiger partial charge in [-0.05, 0) is 84.5 Å². The number of amides is 3. The Morgan fingerprint density at radius 2 is 1.68 bits per heavy atom. The zero-order valence-corrected chi connectivity index (χ0v) is 26.3. The summed E-state index contributed by atoms with van der Waals surface area (Å²) in [5.74, 6) is -1.32. The Labute approximate surface area is 271 Å². The van der Waals surface area contributed by atoms with E-state index in [0.29, 0.717) is 15.7 Å². The largest absolute Gasteiger partial charge is 0.271 e. The molecule has 12 heteroatoms. The fraction of sp³-hybridized carbons (Fsp3) is 0.250. The van der Waals surface area contributed by atoms with E-state index in [4.69, 9.17) is 28.3 Å². The second kappa shape index (κ2) is 11.6. The Kier molecular flexibility index (Phi) is 7.60. The van der Waals surface area contributed by atoms with Crippen molar-refractivity contribution in [2.45, 2.75) is 37.4 Å². The Morgan fingerprint density at radius 3 is 2.41 bits per heavy atom. The number of anilines is 1. The molecule has 0 radical (unpaired) electrons. The van der Waals surface area contributed by atoms with Gasteiger partial charge in [0.1, 0.15) is 6.54 Å². The number of carbonyl (C=O) groups is 3. The lowest BCUT2D eigenvalue weighted by atomic mass is 9.77. The predicted molar refractivity (Wildman–Crippen MR) is 171 cm³/mol. The molecule has 1 saturated carbocycles. The first kappa shape index (κ1) is 28.9. The van der Waals surface area contributed by atoms with Crippen molar-refractivity contribution in [3.05, 3.63) is 104 Å². The van der Waals surface area contributed by atoms with E-state index in [1.807, 2.05) is 54.6 Å². The first-order valence-electron chi connectivity index (χ1n) is 14.2. The Bertz CT molecular complexity index is 1760. The molecule has 0 bridgehead atoms. The van der Waals surface area contributed by atoms with Gasteiger partial charge < -0.3 is 0 Å². The standard InChI is InChI=1S/C32H25BrCl2N6O3/c33-21-4-2-5-24(16-21)40-31(43)28-30(32(40)44)39(38-36-28)17-26(42)41-29(19-9-13-23(35)14-10-19)25-6-1-3-20(27(25)37-41)15-18-7-11-22(34)12-8-18/h2,4-5,7-16,25,28-30H,1,3,6,17H2/b20-15+/t25-,28-,29-,30-/m1/s1. The number of fused-ring (bicyclic) bond motifs is 2. The molecule has 2 fully saturated rings. The van der Waals surface area contributed by atoms with Gasteiger partial charge in [-0.1, -0.05) is 74.7 Å². The maximum Gasteiger partial charge on any atom is 0.264 e. The molecule has 4 aliphatic rings. The van der Waals surface area contributed by atoms with Crippen molar-refractivity contribution in [1.82, 2.24) is 10.0 Å². The molecular formula is C32H25BrCl2N6O3. The van der Waals surface area contributed by atoms with Crippen LogP contribution in [-0.2, 0) is 14.4 Å². The van der Waals surface area contributed by atoms with Crippen molar-refractivity contribution >= 4 is 74.3 Å². The minimum atomic E-state index is -1.01. The van der Waals surface area contributed by atoms with E-state index in [9.17, 15) is 14.4 Å². The van der Waals surface area contributed by atoms with Crippen LogP contribution >= 0.6 is 39.1 Å². The molecule has 3 heterocycles. The summed E-state index contributed by atoms with van der Waals surface area (Å²) in [6, 6.07) is 19.6. The van der Waals surface area contributed by atoms with Gasteiger partial charge >= 0.3 is 0 Å². The summed E-state index contributed by atoms with van der Waals surface area (Å²) in [4.78, 5) is 41.9. The molecule has 1 aliphatic carbocycles. The molecule has 7 rings (SSSR count). The summed E-state index contributed by atoms with van der Waals surface area (Å²) in [7, 11) is 0. The third kappa shape index (κ3) is 5.14. The quantitative estimate of drug-likeness (QED) is 0.273. The number of carbonyl (C=O) groups excluding carboxylic acids is 3. The fourth-order valence-corrected chi connectivity index (χ4v) is 7.03. The van der Waals surface area contributed by atoms with Crippen LogP contribution in [0.3, 0.4) is 0 Å². The first-order chi connectivity index (χ1) is 21.3. The smallest absolute Gasteiger partial charge is 0.264 e. The summed E-state index contributed by atoms with van der Waals surface area (Å²) >= 11 is 15.7. The zero-order chi connectivity index (χ0) is 30.5. The summed E-state index contributed by atoms with van der Waals surface area (Å²) in [5.41, 5.74) is 4.29. The average molecular weight is 692 g/mol. The lowest BCUT2D eigenvalue weighted by Gasteiger charge is -2.30. The molecule has 4 atom stereocenters. The molecule has 3 aromatic rings. The van der Waals surface area contributed by atoms with E-state index in [1.165, 1.54) is 10.0 Å². The van der Waals surface area contributed by atoms with Gasteiger partial charge in [0.05, 0.1) is 17.4 Å². The maximum absolute atomic E-state index is 14.1. The number of rotatable bonds is 5. The van der Waals surface area contributed by atoms with Gasteiger partial charge in [0.15, 0.2) is 12.1 Å². The van der Waals surface area contributed by atoms with Gasteiger partial charge in [0, 0.05) is 20.4 Å². The number of imide groups is 1. The van der Waals surface area contributed by atoms with Crippen molar-refractivity contribution in [2.75, 3.05) is 11.4 Å². The number of hydrazone groups is 1. The number of benzene rings is 3. The number of halogens is 3. The SMILES string of the molecule is O=C1[C@@H]2N=NN(CC(=O)N3N=C4/C(=C/c5ccc(Cl)cc5)CCC[C@H]4[C@H]3c3ccc(Cl)cc3)[C@H]2C(=O)N1c1cccc(Br)c1. The van der Waals surface area contributed by atoms with E-state index in [-0.39, 0.29) is 24.4 Å². The monoisotopic (exact) mass is 690 g/mol. The first-order valence-corrected chi connectivity index (χ1v) is 15.8. The molecule has 1 saturated heterocycles. The number of nitrogens with zero attached hydrogens (tertiary/aromatic N) is 6. The third-order valence-electron chi connectivity index (χ3n) is 8.40. The third-order valence-corrected chi connectivity index (χ3v) is 9.40. The van der Waals surface area contributed by atoms with Crippen LogP contribution in [-0.4, -0.2) is 52.1 Å². The predicted octanol–water partition coefficient (Wildman–Crippen LogP) is 6.87. The molecule has 44 heavy (non-hydrogen) atoms. The van der Waals surface area contributed by atoms with Crippen LogP contribution in [0.25, 0.3) is 6.08 Å². The van der Waals surface area contributed by atoms with Crippen LogP contribution in [0.15, 0.2) is 98.3 Å². The fourth-order valence-electron chi connectivity index (χ4n) is 6.40. The molecule has 9 nitrogen and oxygen atoms in total. The summed E-state index contributed by atoms with van der Waals surface area (Å²) < 4.78 is 0.730. The highest BCUT2D eigenvalue weighted by atomic mass is 79.9. The average Bonchev–Trinajstić information content (AvgIpc) is 3.68. The van der Waals surface area contributed by atoms with Gasteiger partial charge in [-0.3, -0.25) is 19.4 Å². The van der Waals surface area contributed by atoms with E-state index in [2.05, 4.69) is 32.3 Å². The molecule has 3 aliphatic heterocycles. The number of allylic oxidation sites excluding steroid dienone is 1. The maximum atomic E-state index is 14.1. The van der Waals surface area contributed by atoms with Crippen LogP contribution in [0.1, 0.15) is 36.4 Å². The summed E-state index contributed by atoms with van der Waals surface area (Å²) in [6.07, 6.45) is 4.74. The normalized spacial score (nSPS) is 25.1. The highest BCUT2D eigenvalue weighted by Crippen LogP contribution is 2.45. The molecule has 0 spiro atoms. The van der Waals surface area contributed by atoms with Crippen molar-refractivity contribution in [1.29, 1.82) is 0 Å². The van der Waals surface area contributed by atoms with Gasteiger partial charge in [0.2, 0.25) is 0 Å². The number of hydrogen-bond acceptors (Lipinski definition) is 7. The van der Waals surface area contributed by atoms with Crippen LogP contribution in [0.2, 0.25) is 10.0 Å². The Morgan fingerprint density at radius 1 is 0.955 bits per heavy atom. The Balaban J connectivity index is 1.19. The second-order valence-electron chi connectivity index (χ2n) is 11.1. The minimum Gasteiger partial charge on any atom is -0.271 e. The van der Waals surface area contributed by atoms with Gasteiger partial charge in [-0.15, -0.1) is 0 Å². The van der Waals surface area contributed by atoms with Crippen LogP contribution in [0.5, 0.6) is 0 Å². The van der Waals surface area contributed by atoms with Crippen LogP contribution < -0.4 is 4.90 Å². The van der Waals surface area contributed by atoms with Gasteiger partial charge in [-0.25, -0.2) is 9.91 Å².